The van der Waals surface area contributed by atoms with E-state index in [9.17, 15) is 10.1 Å². The topological polar surface area (TPSA) is 88.5 Å². The number of amides is 1. The van der Waals surface area contributed by atoms with Crippen LogP contribution in [0, 0.1) is 25.2 Å². The summed E-state index contributed by atoms with van der Waals surface area (Å²) in [6, 6.07) is 12.1. The van der Waals surface area contributed by atoms with Crippen molar-refractivity contribution < 1.29 is 4.79 Å². The summed E-state index contributed by atoms with van der Waals surface area (Å²) in [6.45, 7) is 4.46. The fourth-order valence-corrected chi connectivity index (χ4v) is 2.73. The maximum absolute atomic E-state index is 12.4. The molecule has 0 unspecified atom stereocenters. The molecule has 25 heavy (non-hydrogen) atoms. The summed E-state index contributed by atoms with van der Waals surface area (Å²) in [6.07, 6.45) is 3.13. The largest absolute Gasteiger partial charge is 0.326 e. The Labute approximate surface area is 145 Å². The van der Waals surface area contributed by atoms with E-state index in [1.165, 1.54) is 10.9 Å². The zero-order valence-electron chi connectivity index (χ0n) is 14.1. The first-order chi connectivity index (χ1) is 12.1. The molecule has 0 aliphatic carbocycles. The number of benzene rings is 1. The van der Waals surface area contributed by atoms with E-state index in [1.807, 2.05) is 48.7 Å². The number of nitrogens with one attached hydrogen (secondary N) is 1. The van der Waals surface area contributed by atoms with Crippen molar-refractivity contribution in [3.8, 4) is 6.07 Å². The summed E-state index contributed by atoms with van der Waals surface area (Å²) < 4.78 is 3.40. The molecule has 2 aromatic heterocycles. The Morgan fingerprint density at radius 1 is 1.28 bits per heavy atom. The molecule has 3 aromatic rings. The number of rotatable bonds is 5. The van der Waals surface area contributed by atoms with E-state index in [4.69, 9.17) is 0 Å². The van der Waals surface area contributed by atoms with Crippen LogP contribution in [0.25, 0.3) is 0 Å². The molecule has 3 rings (SSSR count). The van der Waals surface area contributed by atoms with E-state index >= 15 is 0 Å². The van der Waals surface area contributed by atoms with Gasteiger partial charge < -0.3 is 9.88 Å². The third-order valence-corrected chi connectivity index (χ3v) is 4.16. The van der Waals surface area contributed by atoms with E-state index in [0.29, 0.717) is 17.9 Å². The normalized spacial score (nSPS) is 10.4. The van der Waals surface area contributed by atoms with Crippen LogP contribution in [0.15, 0.2) is 42.7 Å². The summed E-state index contributed by atoms with van der Waals surface area (Å²) >= 11 is 0. The number of carbonyl (C=O) groups excluding carboxylic acids is 1. The highest BCUT2D eigenvalue weighted by Crippen LogP contribution is 2.27. The Kier molecular flexibility index (Phi) is 4.61. The second kappa shape index (κ2) is 7.01. The summed E-state index contributed by atoms with van der Waals surface area (Å²) in [4.78, 5) is 12.4. The van der Waals surface area contributed by atoms with Gasteiger partial charge in [0.15, 0.2) is 0 Å². The van der Waals surface area contributed by atoms with E-state index in [0.717, 1.165) is 16.8 Å². The second-order valence-electron chi connectivity index (χ2n) is 5.77. The van der Waals surface area contributed by atoms with Crippen molar-refractivity contribution in [1.29, 1.82) is 5.26 Å². The highest BCUT2D eigenvalue weighted by atomic mass is 16.2. The average Bonchev–Trinajstić information content (AvgIpc) is 3.19. The molecule has 1 aromatic carbocycles. The van der Waals surface area contributed by atoms with Gasteiger partial charge in [0.1, 0.15) is 18.4 Å². The lowest BCUT2D eigenvalue weighted by atomic mass is 10.2. The zero-order chi connectivity index (χ0) is 17.8. The quantitative estimate of drug-likeness (QED) is 0.775. The monoisotopic (exact) mass is 334 g/mol. The van der Waals surface area contributed by atoms with Crippen LogP contribution >= 0.6 is 0 Å². The van der Waals surface area contributed by atoms with E-state index in [1.54, 1.807) is 6.20 Å². The molecule has 0 radical (unpaired) electrons. The molecular formula is C18H18N6O. The molecule has 0 saturated carbocycles. The number of anilines is 1. The number of hydrogen-bond acceptors (Lipinski definition) is 4. The first kappa shape index (κ1) is 16.5. The maximum atomic E-state index is 12.4. The van der Waals surface area contributed by atoms with Gasteiger partial charge in [-0.25, -0.2) is 4.68 Å². The van der Waals surface area contributed by atoms with Gasteiger partial charge in [-0.2, -0.15) is 5.26 Å². The lowest BCUT2D eigenvalue weighted by Gasteiger charge is -2.13. The third-order valence-electron chi connectivity index (χ3n) is 4.16. The highest BCUT2D eigenvalue weighted by Gasteiger charge is 2.20. The lowest BCUT2D eigenvalue weighted by molar-refractivity contribution is -0.117. The van der Waals surface area contributed by atoms with Gasteiger partial charge in [0.2, 0.25) is 5.91 Å². The molecule has 7 nitrogen and oxygen atoms in total. The Morgan fingerprint density at radius 2 is 2.04 bits per heavy atom. The van der Waals surface area contributed by atoms with Crippen molar-refractivity contribution in [2.24, 2.45) is 0 Å². The summed E-state index contributed by atoms with van der Waals surface area (Å²) in [7, 11) is 0. The van der Waals surface area contributed by atoms with Crippen molar-refractivity contribution in [2.75, 3.05) is 5.32 Å². The summed E-state index contributed by atoms with van der Waals surface area (Å²) in [5.41, 5.74) is 3.41. The fraction of sp³-hybridized carbons (Fsp3) is 0.222. The van der Waals surface area contributed by atoms with Crippen LogP contribution in [0.5, 0.6) is 0 Å². The molecule has 126 valence electrons. The predicted octanol–water partition coefficient (Wildman–Crippen LogP) is 2.26. The molecule has 1 amide bonds. The SMILES string of the molecule is Cc1c(C#N)c(NC(=O)Cn2ccnn2)n(Cc2ccccc2)c1C. The summed E-state index contributed by atoms with van der Waals surface area (Å²) in [5, 5.41) is 19.9. The highest BCUT2D eigenvalue weighted by molar-refractivity contribution is 5.91. The van der Waals surface area contributed by atoms with Crippen molar-refractivity contribution >= 4 is 11.7 Å². The molecule has 2 heterocycles. The van der Waals surface area contributed by atoms with Crippen LogP contribution in [0.2, 0.25) is 0 Å². The molecule has 0 bridgehead atoms. The van der Waals surface area contributed by atoms with Crippen LogP contribution in [0.3, 0.4) is 0 Å². The van der Waals surface area contributed by atoms with Crippen LogP contribution in [0.4, 0.5) is 5.82 Å². The minimum absolute atomic E-state index is 0.0412. The smallest absolute Gasteiger partial charge is 0.247 e. The molecule has 0 atom stereocenters. The second-order valence-corrected chi connectivity index (χ2v) is 5.77. The van der Waals surface area contributed by atoms with E-state index in [-0.39, 0.29) is 12.5 Å². The van der Waals surface area contributed by atoms with Crippen LogP contribution in [-0.2, 0) is 17.9 Å². The summed E-state index contributed by atoms with van der Waals surface area (Å²) in [5.74, 6) is 0.264. The van der Waals surface area contributed by atoms with Crippen molar-refractivity contribution in [1.82, 2.24) is 19.6 Å². The molecule has 0 aliphatic heterocycles. The molecule has 7 heteroatoms. The lowest BCUT2D eigenvalue weighted by Crippen LogP contribution is -2.22. The van der Waals surface area contributed by atoms with Crippen LogP contribution < -0.4 is 5.32 Å². The minimum Gasteiger partial charge on any atom is -0.326 e. The number of hydrogen-bond donors (Lipinski definition) is 1. The van der Waals surface area contributed by atoms with Crippen molar-refractivity contribution in [2.45, 2.75) is 26.9 Å². The van der Waals surface area contributed by atoms with Gasteiger partial charge in [-0.3, -0.25) is 4.79 Å². The van der Waals surface area contributed by atoms with Gasteiger partial charge in [0.05, 0.1) is 11.8 Å². The van der Waals surface area contributed by atoms with Crippen molar-refractivity contribution in [3.63, 3.8) is 0 Å². The van der Waals surface area contributed by atoms with Gasteiger partial charge in [-0.15, -0.1) is 5.10 Å². The number of aromatic nitrogens is 4. The fourth-order valence-electron chi connectivity index (χ4n) is 2.73. The molecule has 0 aliphatic rings. The number of nitriles is 1. The Hall–Kier alpha value is -3.40. The Balaban J connectivity index is 1.92. The zero-order valence-corrected chi connectivity index (χ0v) is 14.1. The van der Waals surface area contributed by atoms with E-state index in [2.05, 4.69) is 21.7 Å². The van der Waals surface area contributed by atoms with Gasteiger partial charge in [0, 0.05) is 18.4 Å². The predicted molar refractivity (Wildman–Crippen MR) is 92.8 cm³/mol. The molecular weight excluding hydrogens is 316 g/mol. The van der Waals surface area contributed by atoms with Gasteiger partial charge in [0.25, 0.3) is 0 Å². The maximum Gasteiger partial charge on any atom is 0.247 e. The molecule has 0 fully saturated rings. The van der Waals surface area contributed by atoms with Gasteiger partial charge in [-0.05, 0) is 25.0 Å². The molecule has 1 N–H and O–H groups in total. The number of carbonyl (C=O) groups is 1. The van der Waals surface area contributed by atoms with Gasteiger partial charge >= 0.3 is 0 Å². The minimum atomic E-state index is -0.256. The van der Waals surface area contributed by atoms with Crippen LogP contribution in [-0.4, -0.2) is 25.5 Å². The third kappa shape index (κ3) is 3.43. The number of nitrogens with zero attached hydrogens (tertiary/aromatic N) is 5. The standard InChI is InChI=1S/C18H18N6O/c1-13-14(2)24(11-15-6-4-3-5-7-15)18(16(13)10-19)21-17(25)12-23-9-8-20-22-23/h3-9H,11-12H2,1-2H3,(H,21,25). The van der Waals surface area contributed by atoms with Crippen LogP contribution in [0.1, 0.15) is 22.4 Å². The molecule has 0 saturated heterocycles. The van der Waals surface area contributed by atoms with E-state index < -0.39 is 0 Å². The first-order valence-electron chi connectivity index (χ1n) is 7.87. The Morgan fingerprint density at radius 3 is 2.68 bits per heavy atom. The van der Waals surface area contributed by atoms with Gasteiger partial charge in [-0.1, -0.05) is 35.5 Å². The average molecular weight is 334 g/mol. The first-order valence-corrected chi connectivity index (χ1v) is 7.87. The van der Waals surface area contributed by atoms with Crippen molar-refractivity contribution in [3.05, 3.63) is 65.1 Å². The molecule has 0 spiro atoms. The Bertz CT molecular complexity index is 919.